The molecule has 0 bridgehead atoms. The molecule has 1 aliphatic rings. The van der Waals surface area contributed by atoms with Gasteiger partial charge < -0.3 is 14.8 Å². The van der Waals surface area contributed by atoms with Crippen molar-refractivity contribution >= 4 is 27.6 Å². The van der Waals surface area contributed by atoms with Crippen molar-refractivity contribution < 1.29 is 4.48 Å². The molecule has 1 saturated heterocycles. The van der Waals surface area contributed by atoms with Crippen molar-refractivity contribution in [3.05, 3.63) is 42.5 Å². The lowest BCUT2D eigenvalue weighted by Crippen LogP contribution is -2.50. The van der Waals surface area contributed by atoms with Gasteiger partial charge in [-0.1, -0.05) is 27.6 Å². The Kier molecular flexibility index (Phi) is 3.65. The van der Waals surface area contributed by atoms with Crippen LogP contribution in [0.2, 0.25) is 0 Å². The number of anilines is 1. The first-order valence-corrected chi connectivity index (χ1v) is 9.19. The molecule has 0 radical (unpaired) electrons. The fraction of sp³-hybridized carbons (Fsp3) is 0.300. The molecule has 0 amide bonds. The standard InChI is InChI=1S/C20H21FN6/c1-13-12-26(10-9-25(13)2)14-7-8-16-17(11-14)23-20(22-16)19-15-5-3-4-6-18(15)27(21)24-19/h3-8,11,13H,9-10,12H2,1-2H3,(H,22,23)/t13-/m0/s1. The summed E-state index contributed by atoms with van der Waals surface area (Å²) in [6, 6.07) is 14.0. The Morgan fingerprint density at radius 2 is 2.00 bits per heavy atom. The summed E-state index contributed by atoms with van der Waals surface area (Å²) in [4.78, 5) is 13.1. The number of fused-ring (bicyclic) bond motifs is 2. The van der Waals surface area contributed by atoms with E-state index in [1.165, 1.54) is 5.69 Å². The van der Waals surface area contributed by atoms with Gasteiger partial charge in [0.1, 0.15) is 11.2 Å². The molecule has 138 valence electrons. The number of H-pyrrole nitrogens is 1. The highest BCUT2D eigenvalue weighted by atomic mass is 19.2. The third-order valence-corrected chi connectivity index (χ3v) is 5.56. The van der Waals surface area contributed by atoms with E-state index in [2.05, 4.69) is 51.0 Å². The molecule has 27 heavy (non-hydrogen) atoms. The molecule has 1 aliphatic heterocycles. The minimum atomic E-state index is 0.412. The molecule has 0 spiro atoms. The number of halogens is 1. The zero-order valence-electron chi connectivity index (χ0n) is 15.4. The lowest BCUT2D eigenvalue weighted by molar-refractivity contribution is 0.234. The fourth-order valence-corrected chi connectivity index (χ4v) is 3.79. The monoisotopic (exact) mass is 364 g/mol. The number of nitrogens with zero attached hydrogens (tertiary/aromatic N) is 5. The second kappa shape index (κ2) is 6.06. The fourth-order valence-electron chi connectivity index (χ4n) is 3.79. The zero-order chi connectivity index (χ0) is 18.5. The molecule has 7 heteroatoms. The van der Waals surface area contributed by atoms with Crippen LogP contribution >= 0.6 is 0 Å². The summed E-state index contributed by atoms with van der Waals surface area (Å²) in [5, 5.41) is 4.77. The van der Waals surface area contributed by atoms with E-state index in [0.29, 0.717) is 28.0 Å². The largest absolute Gasteiger partial charge is 0.369 e. The quantitative estimate of drug-likeness (QED) is 0.592. The molecule has 2 aromatic heterocycles. The predicted molar refractivity (Wildman–Crippen MR) is 106 cm³/mol. The summed E-state index contributed by atoms with van der Waals surface area (Å²) >= 11 is 0. The highest BCUT2D eigenvalue weighted by Crippen LogP contribution is 2.29. The van der Waals surface area contributed by atoms with Crippen LogP contribution < -0.4 is 4.90 Å². The zero-order valence-corrected chi connectivity index (χ0v) is 15.4. The number of aromatic nitrogens is 4. The topological polar surface area (TPSA) is 53.0 Å². The first-order chi connectivity index (χ1) is 13.1. The number of nitrogens with one attached hydrogen (secondary N) is 1. The minimum Gasteiger partial charge on any atom is -0.369 e. The molecule has 4 aromatic rings. The number of benzene rings is 2. The van der Waals surface area contributed by atoms with Crippen LogP contribution in [0.5, 0.6) is 0 Å². The van der Waals surface area contributed by atoms with E-state index in [-0.39, 0.29) is 0 Å². The van der Waals surface area contributed by atoms with E-state index in [9.17, 15) is 4.48 Å². The Hall–Kier alpha value is -2.93. The van der Waals surface area contributed by atoms with Gasteiger partial charge in [0.15, 0.2) is 5.82 Å². The molecule has 0 unspecified atom stereocenters. The third-order valence-electron chi connectivity index (χ3n) is 5.56. The molecule has 3 heterocycles. The number of para-hydroxylation sites is 1. The summed E-state index contributed by atoms with van der Waals surface area (Å²) in [5.41, 5.74) is 3.94. The average Bonchev–Trinajstić information content (AvgIpc) is 3.25. The van der Waals surface area contributed by atoms with Crippen LogP contribution in [-0.4, -0.2) is 57.6 Å². The van der Waals surface area contributed by atoms with E-state index >= 15 is 0 Å². The number of likely N-dealkylation sites (N-methyl/N-ethyl adjacent to an activating group) is 1. The molecule has 0 saturated carbocycles. The van der Waals surface area contributed by atoms with Crippen LogP contribution in [0.4, 0.5) is 10.2 Å². The van der Waals surface area contributed by atoms with E-state index in [4.69, 9.17) is 0 Å². The van der Waals surface area contributed by atoms with Gasteiger partial charge in [0, 0.05) is 36.7 Å². The molecular weight excluding hydrogens is 343 g/mol. The minimum absolute atomic E-state index is 0.412. The number of piperazine rings is 1. The Morgan fingerprint density at radius 1 is 1.15 bits per heavy atom. The maximum absolute atomic E-state index is 14.1. The summed E-state index contributed by atoms with van der Waals surface area (Å²) in [6.07, 6.45) is 0. The number of hydrogen-bond donors (Lipinski definition) is 1. The van der Waals surface area contributed by atoms with Crippen molar-refractivity contribution in [2.75, 3.05) is 31.6 Å². The molecule has 1 N–H and O–H groups in total. The molecule has 1 atom stereocenters. The normalized spacial score (nSPS) is 18.6. The van der Waals surface area contributed by atoms with Gasteiger partial charge in [0.25, 0.3) is 0 Å². The highest BCUT2D eigenvalue weighted by molar-refractivity contribution is 5.93. The number of rotatable bonds is 2. The molecule has 6 nitrogen and oxygen atoms in total. The number of imidazole rings is 1. The van der Waals surface area contributed by atoms with Crippen LogP contribution in [0.1, 0.15) is 6.92 Å². The smallest absolute Gasteiger partial charge is 0.159 e. The Labute approximate surface area is 156 Å². The maximum atomic E-state index is 14.1. The van der Waals surface area contributed by atoms with Gasteiger partial charge in [0.05, 0.1) is 11.0 Å². The van der Waals surface area contributed by atoms with Crippen molar-refractivity contribution in [3.8, 4) is 11.5 Å². The average molecular weight is 364 g/mol. The molecular formula is C20H21FN6. The second-order valence-electron chi connectivity index (χ2n) is 7.29. The Morgan fingerprint density at radius 3 is 2.85 bits per heavy atom. The Balaban J connectivity index is 1.54. The maximum Gasteiger partial charge on any atom is 0.159 e. The van der Waals surface area contributed by atoms with Crippen LogP contribution in [-0.2, 0) is 0 Å². The Bertz CT molecular complexity index is 1130. The van der Waals surface area contributed by atoms with Crippen LogP contribution in [0, 0.1) is 0 Å². The lowest BCUT2D eigenvalue weighted by Gasteiger charge is -2.39. The van der Waals surface area contributed by atoms with Crippen molar-refractivity contribution in [1.82, 2.24) is 24.9 Å². The van der Waals surface area contributed by atoms with E-state index in [1.807, 2.05) is 18.2 Å². The summed E-state index contributed by atoms with van der Waals surface area (Å²) in [6.45, 7) is 5.30. The van der Waals surface area contributed by atoms with Crippen LogP contribution in [0.15, 0.2) is 42.5 Å². The summed E-state index contributed by atoms with van der Waals surface area (Å²) < 4.78 is 14.1. The summed E-state index contributed by atoms with van der Waals surface area (Å²) in [7, 11) is 2.17. The van der Waals surface area contributed by atoms with Gasteiger partial charge >= 0.3 is 0 Å². The molecule has 0 aliphatic carbocycles. The SMILES string of the molecule is C[C@H]1CN(c2ccc3nc(-c4nn(F)c5ccccc45)[nH]c3c2)CCN1C. The molecule has 2 aromatic carbocycles. The number of hydrogen-bond acceptors (Lipinski definition) is 4. The van der Waals surface area contributed by atoms with Gasteiger partial charge in [-0.15, -0.1) is 5.10 Å². The molecule has 1 fully saturated rings. The summed E-state index contributed by atoms with van der Waals surface area (Å²) in [5.74, 6) is 0.585. The van der Waals surface area contributed by atoms with Crippen LogP contribution in [0.25, 0.3) is 33.5 Å². The third kappa shape index (κ3) is 2.66. The van der Waals surface area contributed by atoms with Gasteiger partial charge in [0.2, 0.25) is 0 Å². The number of aromatic amines is 1. The van der Waals surface area contributed by atoms with Gasteiger partial charge in [-0.2, -0.15) is 0 Å². The van der Waals surface area contributed by atoms with Gasteiger partial charge in [-0.05, 0) is 38.2 Å². The molecule has 5 rings (SSSR count). The predicted octanol–water partition coefficient (Wildman–Crippen LogP) is 3.45. The van der Waals surface area contributed by atoms with Crippen molar-refractivity contribution in [3.63, 3.8) is 0 Å². The van der Waals surface area contributed by atoms with E-state index in [1.54, 1.807) is 12.1 Å². The van der Waals surface area contributed by atoms with Crippen molar-refractivity contribution in [2.45, 2.75) is 13.0 Å². The first-order valence-electron chi connectivity index (χ1n) is 9.19. The highest BCUT2D eigenvalue weighted by Gasteiger charge is 2.21. The van der Waals surface area contributed by atoms with Crippen LogP contribution in [0.3, 0.4) is 0 Å². The van der Waals surface area contributed by atoms with Crippen molar-refractivity contribution in [2.24, 2.45) is 0 Å². The lowest BCUT2D eigenvalue weighted by atomic mass is 10.1. The van der Waals surface area contributed by atoms with Gasteiger partial charge in [-0.3, -0.25) is 0 Å². The van der Waals surface area contributed by atoms with Crippen molar-refractivity contribution in [1.29, 1.82) is 0 Å². The van der Waals surface area contributed by atoms with E-state index < -0.39 is 0 Å². The van der Waals surface area contributed by atoms with E-state index in [0.717, 1.165) is 36.1 Å². The second-order valence-corrected chi connectivity index (χ2v) is 7.29. The first kappa shape index (κ1) is 16.3. The van der Waals surface area contributed by atoms with Gasteiger partial charge in [-0.25, -0.2) is 4.98 Å².